The van der Waals surface area contributed by atoms with Gasteiger partial charge < -0.3 is 14.0 Å². The van der Waals surface area contributed by atoms with Gasteiger partial charge in [-0.25, -0.2) is 0 Å². The predicted molar refractivity (Wildman–Crippen MR) is 247 cm³/mol. The molecular formula is C54H36BNO2Si. The molecule has 0 atom stereocenters. The molecule has 9 aromatic carbocycles. The second-order valence-corrected chi connectivity index (χ2v) is 19.3. The first-order valence-electron chi connectivity index (χ1n) is 20.3. The molecule has 0 unspecified atom stereocenters. The number of aromatic nitrogens is 1. The van der Waals surface area contributed by atoms with Crippen LogP contribution in [-0.2, 0) is 0 Å². The number of ether oxygens (including phenoxy) is 1. The average Bonchev–Trinajstić information content (AvgIpc) is 3.65. The smallest absolute Gasteiger partial charge is 0.434 e. The number of benzene rings is 9. The zero-order chi connectivity index (χ0) is 38.9. The van der Waals surface area contributed by atoms with Gasteiger partial charge in [0.1, 0.15) is 17.2 Å². The van der Waals surface area contributed by atoms with Crippen LogP contribution in [0.5, 0.6) is 17.2 Å². The number of nitrogens with zero attached hydrogens (tertiary/aromatic N) is 1. The molecule has 59 heavy (non-hydrogen) atoms. The van der Waals surface area contributed by atoms with Crippen LogP contribution in [-0.4, -0.2) is 19.6 Å². The maximum absolute atomic E-state index is 7.13. The van der Waals surface area contributed by atoms with Crippen molar-refractivity contribution in [2.75, 3.05) is 0 Å². The second-order valence-electron chi connectivity index (χ2n) is 15.5. The summed E-state index contributed by atoms with van der Waals surface area (Å²) in [4.78, 5) is 0. The molecule has 0 aliphatic carbocycles. The lowest BCUT2D eigenvalue weighted by atomic mass is 9.50. The van der Waals surface area contributed by atoms with Gasteiger partial charge in [0.25, 0.3) is 0 Å². The van der Waals surface area contributed by atoms with Crippen LogP contribution in [0.1, 0.15) is 0 Å². The highest BCUT2D eigenvalue weighted by Gasteiger charge is 2.44. The highest BCUT2D eigenvalue weighted by atomic mass is 28.3. The number of fused-ring (bicyclic) bond motifs is 7. The SMILES string of the molecule is c1ccc([Si](c2ccccc2)(c2ccccc2)c2ccccc2-c2ccc3c(c2)B2Oc4ccc(-n5c6ccccc6c6ccccc65)cc4-c4cccc(c42)O3)cc1. The van der Waals surface area contributed by atoms with Gasteiger partial charge in [-0.2, -0.15) is 0 Å². The fourth-order valence-electron chi connectivity index (χ4n) is 9.94. The summed E-state index contributed by atoms with van der Waals surface area (Å²) >= 11 is 0. The molecular weight excluding hydrogens is 733 g/mol. The first-order chi connectivity index (χ1) is 29.3. The van der Waals surface area contributed by atoms with Crippen LogP contribution in [0.25, 0.3) is 49.7 Å². The first kappa shape index (κ1) is 33.8. The van der Waals surface area contributed by atoms with Gasteiger partial charge in [0.2, 0.25) is 0 Å². The molecule has 0 fully saturated rings. The molecule has 10 aromatic rings. The van der Waals surface area contributed by atoms with Crippen molar-refractivity contribution < 1.29 is 9.39 Å². The normalized spacial score (nSPS) is 12.6. The minimum atomic E-state index is -2.82. The Kier molecular flexibility index (Phi) is 7.65. The summed E-state index contributed by atoms with van der Waals surface area (Å²) < 4.78 is 16.3. The monoisotopic (exact) mass is 769 g/mol. The molecule has 0 radical (unpaired) electrons. The summed E-state index contributed by atoms with van der Waals surface area (Å²) in [6.45, 7) is -0.331. The Hall–Kier alpha value is -7.34. The van der Waals surface area contributed by atoms with Gasteiger partial charge >= 0.3 is 6.92 Å². The molecule has 0 saturated carbocycles. The van der Waals surface area contributed by atoms with E-state index in [0.717, 1.165) is 50.6 Å². The Morgan fingerprint density at radius 3 is 1.63 bits per heavy atom. The van der Waals surface area contributed by atoms with Crippen molar-refractivity contribution in [3.05, 3.63) is 218 Å². The van der Waals surface area contributed by atoms with E-state index in [9.17, 15) is 0 Å². The van der Waals surface area contributed by atoms with Gasteiger partial charge in [0.05, 0.1) is 11.0 Å². The summed E-state index contributed by atoms with van der Waals surface area (Å²) in [5.41, 5.74) is 10.1. The molecule has 3 nitrogen and oxygen atoms in total. The second kappa shape index (κ2) is 13.4. The maximum atomic E-state index is 7.13. The summed E-state index contributed by atoms with van der Waals surface area (Å²) in [5.74, 6) is 2.53. The highest BCUT2D eigenvalue weighted by molar-refractivity contribution is 7.20. The Morgan fingerprint density at radius 2 is 0.966 bits per heavy atom. The average molecular weight is 770 g/mol. The molecule has 0 saturated heterocycles. The van der Waals surface area contributed by atoms with Gasteiger partial charge in [0.15, 0.2) is 8.07 Å². The molecule has 1 aromatic heterocycles. The van der Waals surface area contributed by atoms with Crippen molar-refractivity contribution in [3.8, 4) is 45.2 Å². The highest BCUT2D eigenvalue weighted by Crippen LogP contribution is 2.42. The number of rotatable bonds is 6. The minimum Gasteiger partial charge on any atom is -0.551 e. The first-order valence-corrected chi connectivity index (χ1v) is 22.3. The molecule has 3 heterocycles. The standard InChI is InChI=1S/C54H36BNO2Si/c1-4-17-39(18-5-1)59(40-19-6-2-7-20-40,41-21-8-3-9-22-41)53-30-15-12-23-42(53)37-31-33-51-47(35-37)55-54-45(26-16-29-52(54)57-51)46-36-38(32-34-50(46)58-55)56-48-27-13-10-24-43(48)44-25-11-14-28-49(44)56/h1-36H. The van der Waals surface area contributed by atoms with Crippen LogP contribution in [0.15, 0.2) is 218 Å². The van der Waals surface area contributed by atoms with Gasteiger partial charge in [0, 0.05) is 32.9 Å². The fourth-order valence-corrected chi connectivity index (χ4v) is 14.9. The topological polar surface area (TPSA) is 23.4 Å². The molecule has 0 amide bonds. The van der Waals surface area contributed by atoms with Crippen molar-refractivity contribution in [3.63, 3.8) is 0 Å². The third-order valence-electron chi connectivity index (χ3n) is 12.4. The lowest BCUT2D eigenvalue weighted by molar-refractivity contribution is 0.479. The van der Waals surface area contributed by atoms with Crippen LogP contribution in [0.4, 0.5) is 0 Å². The molecule has 0 bridgehead atoms. The van der Waals surface area contributed by atoms with Gasteiger partial charge in [-0.3, -0.25) is 0 Å². The van der Waals surface area contributed by atoms with E-state index in [1.165, 1.54) is 48.1 Å². The van der Waals surface area contributed by atoms with E-state index in [4.69, 9.17) is 9.39 Å². The zero-order valence-corrected chi connectivity index (χ0v) is 33.1. The Bertz CT molecular complexity index is 3090. The zero-order valence-electron chi connectivity index (χ0n) is 32.1. The van der Waals surface area contributed by atoms with E-state index in [1.807, 2.05) is 0 Å². The molecule has 0 N–H and O–H groups in total. The fraction of sp³-hybridized carbons (Fsp3) is 0. The van der Waals surface area contributed by atoms with E-state index in [0.29, 0.717) is 0 Å². The lowest BCUT2D eigenvalue weighted by Gasteiger charge is -2.36. The van der Waals surface area contributed by atoms with Crippen molar-refractivity contribution >= 4 is 68.5 Å². The Morgan fingerprint density at radius 1 is 0.407 bits per heavy atom. The van der Waals surface area contributed by atoms with Gasteiger partial charge in [-0.1, -0.05) is 176 Å². The van der Waals surface area contributed by atoms with Crippen molar-refractivity contribution in [2.45, 2.75) is 0 Å². The summed E-state index contributed by atoms with van der Waals surface area (Å²) in [5, 5.41) is 7.86. The largest absolute Gasteiger partial charge is 0.551 e. The van der Waals surface area contributed by atoms with Crippen molar-refractivity contribution in [1.82, 2.24) is 4.57 Å². The van der Waals surface area contributed by atoms with Crippen molar-refractivity contribution in [2.24, 2.45) is 0 Å². The minimum absolute atomic E-state index is 0.331. The summed E-state index contributed by atoms with van der Waals surface area (Å²) in [7, 11) is -2.82. The maximum Gasteiger partial charge on any atom is 0.434 e. The van der Waals surface area contributed by atoms with Crippen LogP contribution < -0.4 is 41.1 Å². The van der Waals surface area contributed by atoms with E-state index in [-0.39, 0.29) is 6.92 Å². The van der Waals surface area contributed by atoms with E-state index < -0.39 is 8.07 Å². The molecule has 2 aliphatic heterocycles. The number of hydrogen-bond donors (Lipinski definition) is 0. The third-order valence-corrected chi connectivity index (χ3v) is 17.3. The molecule has 276 valence electrons. The number of para-hydroxylation sites is 2. The molecule has 5 heteroatoms. The van der Waals surface area contributed by atoms with Crippen LogP contribution in [0.3, 0.4) is 0 Å². The summed E-state index contributed by atoms with van der Waals surface area (Å²) in [6, 6.07) is 79.4. The van der Waals surface area contributed by atoms with E-state index in [2.05, 4.69) is 223 Å². The molecule has 2 aliphatic rings. The Balaban J connectivity index is 1.02. The van der Waals surface area contributed by atoms with Crippen LogP contribution in [0.2, 0.25) is 0 Å². The quantitative estimate of drug-likeness (QED) is 0.125. The van der Waals surface area contributed by atoms with E-state index in [1.54, 1.807) is 0 Å². The summed E-state index contributed by atoms with van der Waals surface area (Å²) in [6.07, 6.45) is 0. The van der Waals surface area contributed by atoms with Gasteiger partial charge in [-0.05, 0) is 79.9 Å². The van der Waals surface area contributed by atoms with Gasteiger partial charge in [-0.15, -0.1) is 0 Å². The lowest BCUT2D eigenvalue weighted by Crippen LogP contribution is -2.75. The van der Waals surface area contributed by atoms with Crippen LogP contribution in [0, 0.1) is 0 Å². The van der Waals surface area contributed by atoms with E-state index >= 15 is 0 Å². The predicted octanol–water partition coefficient (Wildman–Crippen LogP) is 9.10. The van der Waals surface area contributed by atoms with Crippen molar-refractivity contribution in [1.29, 1.82) is 0 Å². The van der Waals surface area contributed by atoms with Crippen LogP contribution >= 0.6 is 0 Å². The molecule has 12 rings (SSSR count). The third kappa shape index (κ3) is 5.08. The number of hydrogen-bond acceptors (Lipinski definition) is 2. The molecule has 0 spiro atoms. The Labute approximate surface area is 344 Å².